The first-order chi connectivity index (χ1) is 8.38. The number of carbonyl (C=O) groups is 1. The molecule has 100 valence electrons. The molecule has 0 bridgehead atoms. The molecule has 1 N–H and O–H groups in total. The Morgan fingerprint density at radius 1 is 1.33 bits per heavy atom. The minimum absolute atomic E-state index is 0.0849. The molecule has 18 heavy (non-hydrogen) atoms. The van der Waals surface area contributed by atoms with Gasteiger partial charge in [-0.1, -0.05) is 18.2 Å². The maximum absolute atomic E-state index is 13.2. The Bertz CT molecular complexity index is 514. The lowest BCUT2D eigenvalue weighted by atomic mass is 10.1. The number of halogens is 1. The fourth-order valence-corrected chi connectivity index (χ4v) is 1.89. The van der Waals surface area contributed by atoms with Crippen molar-refractivity contribution in [1.29, 1.82) is 0 Å². The van der Waals surface area contributed by atoms with Gasteiger partial charge in [0.1, 0.15) is 15.7 Å². The summed E-state index contributed by atoms with van der Waals surface area (Å²) in [4.78, 5) is 11.4. The number of nitrogens with one attached hydrogen (secondary N) is 1. The molecule has 0 aliphatic carbocycles. The lowest BCUT2D eigenvalue weighted by molar-refractivity contribution is -0.120. The maximum atomic E-state index is 13.2. The monoisotopic (exact) mass is 273 g/mol. The number of carbonyl (C=O) groups excluding carboxylic acids is 1. The quantitative estimate of drug-likeness (QED) is 0.838. The van der Waals surface area contributed by atoms with E-state index >= 15 is 0 Å². The summed E-state index contributed by atoms with van der Waals surface area (Å²) in [7, 11) is -3.07. The molecule has 0 saturated carbocycles. The van der Waals surface area contributed by atoms with Crippen LogP contribution in [0.2, 0.25) is 0 Å². The van der Waals surface area contributed by atoms with Crippen LogP contribution >= 0.6 is 0 Å². The SMILES string of the molecule is CS(=O)(=O)CCNC(=O)CCc1ccccc1F. The third kappa shape index (κ3) is 5.77. The molecular formula is C12H16FNO3S. The van der Waals surface area contributed by atoms with Gasteiger partial charge >= 0.3 is 0 Å². The molecule has 0 aromatic heterocycles. The number of aryl methyl sites for hydroxylation is 1. The van der Waals surface area contributed by atoms with Crippen molar-refractivity contribution >= 4 is 15.7 Å². The van der Waals surface area contributed by atoms with E-state index in [4.69, 9.17) is 0 Å². The number of sulfone groups is 1. The van der Waals surface area contributed by atoms with Crippen LogP contribution in [-0.2, 0) is 21.1 Å². The summed E-state index contributed by atoms with van der Waals surface area (Å²) in [5, 5.41) is 2.49. The first kappa shape index (κ1) is 14.6. The molecule has 0 spiro atoms. The molecule has 0 unspecified atom stereocenters. The Kier molecular flexibility index (Phi) is 5.27. The van der Waals surface area contributed by atoms with Gasteiger partial charge in [0.25, 0.3) is 0 Å². The maximum Gasteiger partial charge on any atom is 0.220 e. The molecule has 0 saturated heterocycles. The van der Waals surface area contributed by atoms with Crippen LogP contribution in [-0.4, -0.2) is 32.9 Å². The van der Waals surface area contributed by atoms with Crippen LogP contribution in [0.25, 0.3) is 0 Å². The normalized spacial score (nSPS) is 11.2. The molecule has 1 rings (SSSR count). The summed E-state index contributed by atoms with van der Waals surface area (Å²) >= 11 is 0. The van der Waals surface area contributed by atoms with Crippen LogP contribution in [0.1, 0.15) is 12.0 Å². The second kappa shape index (κ2) is 6.49. The van der Waals surface area contributed by atoms with Gasteiger partial charge in [0, 0.05) is 19.2 Å². The Morgan fingerprint density at radius 2 is 2.00 bits per heavy atom. The Labute approximate surface area is 106 Å². The largest absolute Gasteiger partial charge is 0.355 e. The van der Waals surface area contributed by atoms with Gasteiger partial charge in [0.15, 0.2) is 0 Å². The highest BCUT2D eigenvalue weighted by molar-refractivity contribution is 7.90. The van der Waals surface area contributed by atoms with E-state index in [0.29, 0.717) is 12.0 Å². The first-order valence-electron chi connectivity index (χ1n) is 5.56. The Hall–Kier alpha value is -1.43. The fraction of sp³-hybridized carbons (Fsp3) is 0.417. The van der Waals surface area contributed by atoms with E-state index in [1.54, 1.807) is 18.2 Å². The molecule has 0 atom stereocenters. The number of benzene rings is 1. The summed E-state index contributed by atoms with van der Waals surface area (Å²) in [5.41, 5.74) is 0.482. The van der Waals surface area contributed by atoms with Crippen LogP contribution in [0.4, 0.5) is 4.39 Å². The van der Waals surface area contributed by atoms with E-state index < -0.39 is 9.84 Å². The van der Waals surface area contributed by atoms with E-state index in [1.165, 1.54) is 6.07 Å². The van der Waals surface area contributed by atoms with Crippen molar-refractivity contribution in [3.63, 3.8) is 0 Å². The van der Waals surface area contributed by atoms with Gasteiger partial charge < -0.3 is 5.32 Å². The zero-order valence-electron chi connectivity index (χ0n) is 10.1. The van der Waals surface area contributed by atoms with Crippen LogP contribution in [0.15, 0.2) is 24.3 Å². The van der Waals surface area contributed by atoms with Crippen molar-refractivity contribution in [3.8, 4) is 0 Å². The average Bonchev–Trinajstić information content (AvgIpc) is 2.26. The highest BCUT2D eigenvalue weighted by Crippen LogP contribution is 2.08. The van der Waals surface area contributed by atoms with Crippen molar-refractivity contribution in [2.75, 3.05) is 18.6 Å². The third-order valence-electron chi connectivity index (χ3n) is 2.37. The molecule has 0 aliphatic heterocycles. The smallest absolute Gasteiger partial charge is 0.220 e. The first-order valence-corrected chi connectivity index (χ1v) is 7.62. The topological polar surface area (TPSA) is 63.2 Å². The molecule has 0 radical (unpaired) electrons. The minimum atomic E-state index is -3.07. The molecule has 1 aromatic carbocycles. The van der Waals surface area contributed by atoms with Crippen molar-refractivity contribution in [2.24, 2.45) is 0 Å². The van der Waals surface area contributed by atoms with E-state index in [2.05, 4.69) is 5.32 Å². The van der Waals surface area contributed by atoms with Gasteiger partial charge in [-0.15, -0.1) is 0 Å². The second-order valence-electron chi connectivity index (χ2n) is 4.07. The molecule has 4 nitrogen and oxygen atoms in total. The number of hydrogen-bond acceptors (Lipinski definition) is 3. The molecule has 0 heterocycles. The summed E-state index contributed by atoms with van der Waals surface area (Å²) < 4.78 is 34.9. The zero-order valence-corrected chi connectivity index (χ0v) is 11.0. The van der Waals surface area contributed by atoms with Gasteiger partial charge in [-0.3, -0.25) is 4.79 Å². The molecular weight excluding hydrogens is 257 g/mol. The lowest BCUT2D eigenvalue weighted by Gasteiger charge is -2.05. The van der Waals surface area contributed by atoms with Crippen molar-refractivity contribution < 1.29 is 17.6 Å². The van der Waals surface area contributed by atoms with Crippen LogP contribution < -0.4 is 5.32 Å². The summed E-state index contributed by atoms with van der Waals surface area (Å²) in [6, 6.07) is 6.26. The highest BCUT2D eigenvalue weighted by Gasteiger charge is 2.07. The number of amides is 1. The van der Waals surface area contributed by atoms with E-state index in [0.717, 1.165) is 6.26 Å². The standard InChI is InChI=1S/C12H16FNO3S/c1-18(16,17)9-8-14-12(15)7-6-10-4-2-3-5-11(10)13/h2-5H,6-9H2,1H3,(H,14,15). The van der Waals surface area contributed by atoms with Crippen LogP contribution in [0.3, 0.4) is 0 Å². The van der Waals surface area contributed by atoms with Crippen molar-refractivity contribution in [3.05, 3.63) is 35.6 Å². The van der Waals surface area contributed by atoms with Gasteiger partial charge in [-0.25, -0.2) is 12.8 Å². The summed E-state index contributed by atoms with van der Waals surface area (Å²) in [6.07, 6.45) is 1.56. The van der Waals surface area contributed by atoms with E-state index in [1.807, 2.05) is 0 Å². The van der Waals surface area contributed by atoms with Gasteiger partial charge in [0.05, 0.1) is 5.75 Å². The molecule has 0 aliphatic rings. The zero-order chi connectivity index (χ0) is 13.6. The van der Waals surface area contributed by atoms with Gasteiger partial charge in [0.2, 0.25) is 5.91 Å². The number of hydrogen-bond donors (Lipinski definition) is 1. The molecule has 0 fully saturated rings. The molecule has 1 aromatic rings. The summed E-state index contributed by atoms with van der Waals surface area (Å²) in [5.74, 6) is -0.693. The van der Waals surface area contributed by atoms with E-state index in [-0.39, 0.29) is 30.4 Å². The van der Waals surface area contributed by atoms with Crippen molar-refractivity contribution in [2.45, 2.75) is 12.8 Å². The third-order valence-corrected chi connectivity index (χ3v) is 3.32. The Morgan fingerprint density at radius 3 is 2.61 bits per heavy atom. The Balaban J connectivity index is 2.32. The minimum Gasteiger partial charge on any atom is -0.355 e. The van der Waals surface area contributed by atoms with Gasteiger partial charge in [-0.2, -0.15) is 0 Å². The second-order valence-corrected chi connectivity index (χ2v) is 6.33. The fourth-order valence-electron chi connectivity index (χ4n) is 1.41. The van der Waals surface area contributed by atoms with E-state index in [9.17, 15) is 17.6 Å². The average molecular weight is 273 g/mol. The van der Waals surface area contributed by atoms with Gasteiger partial charge in [-0.05, 0) is 18.1 Å². The predicted octanol–water partition coefficient (Wildman–Crippen LogP) is 0.919. The lowest BCUT2D eigenvalue weighted by Crippen LogP contribution is -2.28. The van der Waals surface area contributed by atoms with Crippen LogP contribution in [0, 0.1) is 5.82 Å². The molecule has 6 heteroatoms. The van der Waals surface area contributed by atoms with Crippen LogP contribution in [0.5, 0.6) is 0 Å². The van der Waals surface area contributed by atoms with Crippen molar-refractivity contribution in [1.82, 2.24) is 5.32 Å². The summed E-state index contributed by atoms with van der Waals surface area (Å²) in [6.45, 7) is 0.0922. The highest BCUT2D eigenvalue weighted by atomic mass is 32.2. The molecule has 1 amide bonds. The number of rotatable bonds is 6. The predicted molar refractivity (Wildman–Crippen MR) is 67.4 cm³/mol.